The summed E-state index contributed by atoms with van der Waals surface area (Å²) in [6.45, 7) is 0.855. The second-order valence-electron chi connectivity index (χ2n) is 5.50. The van der Waals surface area contributed by atoms with Gasteiger partial charge in [0.1, 0.15) is 5.52 Å². The van der Waals surface area contributed by atoms with Crippen molar-refractivity contribution in [2.75, 3.05) is 19.4 Å². The number of para-hydroxylation sites is 1. The first-order valence-corrected chi connectivity index (χ1v) is 7.92. The molecule has 0 radical (unpaired) electrons. The van der Waals surface area contributed by atoms with Crippen molar-refractivity contribution in [3.63, 3.8) is 0 Å². The van der Waals surface area contributed by atoms with Gasteiger partial charge in [0.05, 0.1) is 4.47 Å². The highest BCUT2D eigenvalue weighted by molar-refractivity contribution is 9.10. The number of carbonyl (C=O) groups is 1. The van der Waals surface area contributed by atoms with Crippen LogP contribution in [0, 0.1) is 0 Å². The Labute approximate surface area is 142 Å². The molecule has 118 valence electrons. The summed E-state index contributed by atoms with van der Waals surface area (Å²) in [5, 5.41) is 2.80. The van der Waals surface area contributed by atoms with Gasteiger partial charge < -0.3 is 14.6 Å². The van der Waals surface area contributed by atoms with Gasteiger partial charge in [-0.15, -0.1) is 0 Å². The van der Waals surface area contributed by atoms with Gasteiger partial charge in [-0.2, -0.15) is 0 Å². The third-order valence-electron chi connectivity index (χ3n) is 3.27. The molecule has 0 aliphatic heterocycles. The lowest BCUT2D eigenvalue weighted by molar-refractivity contribution is 0.0992. The Hall–Kier alpha value is -2.18. The number of carbonyl (C=O) groups excluding carboxylic acids is 1. The van der Waals surface area contributed by atoms with Gasteiger partial charge in [-0.1, -0.05) is 18.2 Å². The van der Waals surface area contributed by atoms with E-state index in [1.807, 2.05) is 50.5 Å². The van der Waals surface area contributed by atoms with Gasteiger partial charge in [0.2, 0.25) is 0 Å². The molecule has 0 saturated heterocycles. The Morgan fingerprint density at radius 2 is 1.96 bits per heavy atom. The van der Waals surface area contributed by atoms with Gasteiger partial charge in [0.15, 0.2) is 5.58 Å². The van der Waals surface area contributed by atoms with E-state index >= 15 is 0 Å². The van der Waals surface area contributed by atoms with Crippen LogP contribution in [0.1, 0.15) is 16.2 Å². The second kappa shape index (κ2) is 6.52. The van der Waals surface area contributed by atoms with Crippen LogP contribution < -0.4 is 5.32 Å². The highest BCUT2D eigenvalue weighted by Crippen LogP contribution is 2.24. The van der Waals surface area contributed by atoms with Crippen molar-refractivity contribution < 1.29 is 9.21 Å². The maximum Gasteiger partial charge on any atom is 0.311 e. The van der Waals surface area contributed by atoms with Crippen molar-refractivity contribution in [3.8, 4) is 0 Å². The summed E-state index contributed by atoms with van der Waals surface area (Å²) >= 11 is 3.38. The lowest BCUT2D eigenvalue weighted by atomic mass is 10.2. The van der Waals surface area contributed by atoms with Crippen molar-refractivity contribution in [1.29, 1.82) is 0 Å². The van der Waals surface area contributed by atoms with E-state index in [2.05, 4.69) is 31.1 Å². The normalized spacial score (nSPS) is 11.1. The lowest BCUT2D eigenvalue weighted by Gasteiger charge is -2.10. The van der Waals surface area contributed by atoms with Crippen LogP contribution in [0.15, 0.2) is 51.4 Å². The number of benzene rings is 2. The Balaban J connectivity index is 1.76. The molecule has 1 amide bonds. The first-order valence-electron chi connectivity index (χ1n) is 7.13. The fraction of sp³-hybridized carbons (Fsp3) is 0.176. The first kappa shape index (κ1) is 15.7. The molecule has 0 fully saturated rings. The molecule has 3 aromatic rings. The molecule has 1 aromatic heterocycles. The van der Waals surface area contributed by atoms with Gasteiger partial charge >= 0.3 is 5.91 Å². The number of oxazole rings is 1. The molecule has 0 unspecified atom stereocenters. The van der Waals surface area contributed by atoms with Crippen LogP contribution in [-0.4, -0.2) is 29.9 Å². The van der Waals surface area contributed by atoms with Gasteiger partial charge in [0.25, 0.3) is 5.89 Å². The summed E-state index contributed by atoms with van der Waals surface area (Å²) in [7, 11) is 4.03. The minimum Gasteiger partial charge on any atom is -0.431 e. The van der Waals surface area contributed by atoms with E-state index in [1.165, 1.54) is 5.56 Å². The SMILES string of the molecule is CN(C)Cc1ccc(NC(=O)c2nc3cccc(Br)c3o2)cc1. The molecule has 23 heavy (non-hydrogen) atoms. The summed E-state index contributed by atoms with van der Waals surface area (Å²) in [4.78, 5) is 18.6. The topological polar surface area (TPSA) is 58.4 Å². The van der Waals surface area contributed by atoms with Crippen molar-refractivity contribution in [1.82, 2.24) is 9.88 Å². The summed E-state index contributed by atoms with van der Waals surface area (Å²) in [6, 6.07) is 13.2. The fourth-order valence-corrected chi connectivity index (χ4v) is 2.69. The van der Waals surface area contributed by atoms with E-state index in [9.17, 15) is 4.79 Å². The van der Waals surface area contributed by atoms with Gasteiger partial charge in [0, 0.05) is 12.2 Å². The number of fused-ring (bicyclic) bond motifs is 1. The molecule has 0 bridgehead atoms. The van der Waals surface area contributed by atoms with Gasteiger partial charge in [-0.05, 0) is 59.9 Å². The minimum absolute atomic E-state index is 0.0456. The van der Waals surface area contributed by atoms with Crippen LogP contribution >= 0.6 is 15.9 Å². The molecule has 0 atom stereocenters. The minimum atomic E-state index is -0.367. The molecule has 1 heterocycles. The maximum absolute atomic E-state index is 12.3. The predicted octanol–water partition coefficient (Wildman–Crippen LogP) is 3.90. The Kier molecular flexibility index (Phi) is 4.45. The van der Waals surface area contributed by atoms with E-state index < -0.39 is 0 Å². The van der Waals surface area contributed by atoms with E-state index in [1.54, 1.807) is 6.07 Å². The van der Waals surface area contributed by atoms with E-state index in [4.69, 9.17) is 4.42 Å². The number of hydrogen-bond donors (Lipinski definition) is 1. The van der Waals surface area contributed by atoms with E-state index in [0.29, 0.717) is 16.8 Å². The molecular weight excluding hydrogens is 358 g/mol. The van der Waals surface area contributed by atoms with Crippen molar-refractivity contribution in [3.05, 3.63) is 58.4 Å². The van der Waals surface area contributed by atoms with Gasteiger partial charge in [-0.3, -0.25) is 4.79 Å². The third kappa shape index (κ3) is 3.60. The molecule has 0 aliphatic carbocycles. The summed E-state index contributed by atoms with van der Waals surface area (Å²) in [5.74, 6) is -0.322. The number of rotatable bonds is 4. The zero-order valence-electron chi connectivity index (χ0n) is 12.8. The second-order valence-corrected chi connectivity index (χ2v) is 6.35. The summed E-state index contributed by atoms with van der Waals surface area (Å²) < 4.78 is 6.31. The molecule has 0 spiro atoms. The lowest BCUT2D eigenvalue weighted by Crippen LogP contribution is -2.13. The van der Waals surface area contributed by atoms with Crippen molar-refractivity contribution in [2.45, 2.75) is 6.54 Å². The molecule has 1 N–H and O–H groups in total. The average Bonchev–Trinajstić information content (AvgIpc) is 2.94. The zero-order valence-corrected chi connectivity index (χ0v) is 14.4. The average molecular weight is 374 g/mol. The first-order chi connectivity index (χ1) is 11.0. The molecule has 0 saturated carbocycles. The quantitative estimate of drug-likeness (QED) is 0.753. The van der Waals surface area contributed by atoms with Crippen LogP contribution in [0.25, 0.3) is 11.1 Å². The van der Waals surface area contributed by atoms with E-state index in [0.717, 1.165) is 11.0 Å². The molecule has 2 aromatic carbocycles. The predicted molar refractivity (Wildman–Crippen MR) is 93.5 cm³/mol. The van der Waals surface area contributed by atoms with Crippen LogP contribution in [0.4, 0.5) is 5.69 Å². The number of hydrogen-bond acceptors (Lipinski definition) is 4. The number of nitrogens with zero attached hydrogens (tertiary/aromatic N) is 2. The summed E-state index contributed by atoms with van der Waals surface area (Å²) in [5.41, 5.74) is 3.10. The number of amides is 1. The molecule has 0 aliphatic rings. The molecule has 6 heteroatoms. The maximum atomic E-state index is 12.3. The van der Waals surface area contributed by atoms with E-state index in [-0.39, 0.29) is 11.8 Å². The summed E-state index contributed by atoms with van der Waals surface area (Å²) in [6.07, 6.45) is 0. The Bertz CT molecular complexity index is 841. The number of aromatic nitrogens is 1. The largest absolute Gasteiger partial charge is 0.431 e. The van der Waals surface area contributed by atoms with Crippen LogP contribution in [0.2, 0.25) is 0 Å². The molecular formula is C17H16BrN3O2. The van der Waals surface area contributed by atoms with Crippen molar-refractivity contribution >= 4 is 38.6 Å². The number of halogens is 1. The molecule has 5 nitrogen and oxygen atoms in total. The highest BCUT2D eigenvalue weighted by Gasteiger charge is 2.15. The van der Waals surface area contributed by atoms with Crippen LogP contribution in [0.5, 0.6) is 0 Å². The Morgan fingerprint density at radius 1 is 1.22 bits per heavy atom. The zero-order chi connectivity index (χ0) is 16.4. The molecule has 3 rings (SSSR count). The fourth-order valence-electron chi connectivity index (χ4n) is 2.26. The van der Waals surface area contributed by atoms with Crippen LogP contribution in [0.3, 0.4) is 0 Å². The number of nitrogens with one attached hydrogen (secondary N) is 1. The third-order valence-corrected chi connectivity index (χ3v) is 3.90. The van der Waals surface area contributed by atoms with Gasteiger partial charge in [-0.25, -0.2) is 4.98 Å². The standard InChI is InChI=1S/C17H16BrN3O2/c1-21(2)10-11-6-8-12(9-7-11)19-16(22)17-20-14-5-3-4-13(18)15(14)23-17/h3-9H,10H2,1-2H3,(H,19,22). The number of anilines is 1. The smallest absolute Gasteiger partial charge is 0.311 e. The monoisotopic (exact) mass is 373 g/mol. The van der Waals surface area contributed by atoms with Crippen LogP contribution in [-0.2, 0) is 6.54 Å². The Morgan fingerprint density at radius 3 is 2.61 bits per heavy atom. The van der Waals surface area contributed by atoms with Crippen molar-refractivity contribution in [2.24, 2.45) is 0 Å². The highest BCUT2D eigenvalue weighted by atomic mass is 79.9.